The first-order valence-electron chi connectivity index (χ1n) is 8.78. The lowest BCUT2D eigenvalue weighted by Crippen LogP contribution is -2.55. The van der Waals surface area contributed by atoms with Gasteiger partial charge >= 0.3 is 11.9 Å². The van der Waals surface area contributed by atoms with Crippen molar-refractivity contribution in [1.29, 1.82) is 0 Å². The lowest BCUT2D eigenvalue weighted by atomic mass is 10.0. The van der Waals surface area contributed by atoms with Crippen LogP contribution in [0.15, 0.2) is 24.3 Å². The maximum atomic E-state index is 12.7. The van der Waals surface area contributed by atoms with Gasteiger partial charge in [-0.3, -0.25) is 14.4 Å². The van der Waals surface area contributed by atoms with E-state index in [1.165, 1.54) is 12.1 Å². The van der Waals surface area contributed by atoms with Crippen LogP contribution in [0.4, 0.5) is 0 Å². The van der Waals surface area contributed by atoms with Crippen LogP contribution in [0.25, 0.3) is 0 Å². The number of nitrogens with two attached hydrogens (primary N) is 1. The Morgan fingerprint density at radius 1 is 1.18 bits per heavy atom. The maximum Gasteiger partial charge on any atom is 0.326 e. The van der Waals surface area contributed by atoms with Crippen molar-refractivity contribution in [2.45, 2.75) is 43.8 Å². The average Bonchev–Trinajstić information content (AvgIpc) is 3.12. The van der Waals surface area contributed by atoms with Crippen molar-refractivity contribution in [3.8, 4) is 5.75 Å². The topological polar surface area (TPSA) is 170 Å². The van der Waals surface area contributed by atoms with Gasteiger partial charge in [-0.15, -0.1) is 0 Å². The van der Waals surface area contributed by atoms with Gasteiger partial charge in [0.2, 0.25) is 11.8 Å². The van der Waals surface area contributed by atoms with Crippen LogP contribution in [0.2, 0.25) is 0 Å². The van der Waals surface area contributed by atoms with E-state index in [4.69, 9.17) is 10.8 Å². The molecule has 0 aliphatic carbocycles. The molecule has 0 radical (unpaired) electrons. The number of carboxylic acid groups (broad SMARTS) is 2. The van der Waals surface area contributed by atoms with Crippen molar-refractivity contribution in [1.82, 2.24) is 10.2 Å². The third-order valence-electron chi connectivity index (χ3n) is 4.54. The smallest absolute Gasteiger partial charge is 0.326 e. The normalized spacial score (nSPS) is 18.3. The van der Waals surface area contributed by atoms with Gasteiger partial charge in [0, 0.05) is 6.54 Å². The molecule has 10 nitrogen and oxygen atoms in total. The molecule has 28 heavy (non-hydrogen) atoms. The van der Waals surface area contributed by atoms with E-state index in [9.17, 15) is 29.4 Å². The summed E-state index contributed by atoms with van der Waals surface area (Å²) in [6.07, 6.45) is 0.187. The van der Waals surface area contributed by atoms with E-state index in [-0.39, 0.29) is 25.1 Å². The number of carboxylic acids is 2. The highest BCUT2D eigenvalue weighted by molar-refractivity contribution is 5.94. The van der Waals surface area contributed by atoms with Gasteiger partial charge in [-0.1, -0.05) is 12.1 Å². The lowest BCUT2D eigenvalue weighted by Gasteiger charge is -2.27. The molecule has 0 bridgehead atoms. The van der Waals surface area contributed by atoms with E-state index in [2.05, 4.69) is 5.32 Å². The zero-order valence-electron chi connectivity index (χ0n) is 15.1. The number of benzene rings is 1. The number of rotatable bonds is 8. The predicted octanol–water partition coefficient (Wildman–Crippen LogP) is -0.703. The van der Waals surface area contributed by atoms with Crippen molar-refractivity contribution in [2.24, 2.45) is 5.73 Å². The van der Waals surface area contributed by atoms with Crippen LogP contribution in [0.3, 0.4) is 0 Å². The number of phenolic OH excluding ortho intramolecular Hbond substituents is 1. The minimum Gasteiger partial charge on any atom is -0.508 e. The number of carbonyl (C=O) groups excluding carboxylic acids is 2. The first kappa shape index (κ1) is 21.2. The molecule has 1 heterocycles. The number of aromatic hydroxyl groups is 1. The summed E-state index contributed by atoms with van der Waals surface area (Å²) in [6, 6.07) is 2.56. The zero-order valence-corrected chi connectivity index (χ0v) is 15.1. The molecule has 6 N–H and O–H groups in total. The van der Waals surface area contributed by atoms with Gasteiger partial charge in [0.15, 0.2) is 0 Å². The van der Waals surface area contributed by atoms with Crippen LogP contribution < -0.4 is 11.1 Å². The van der Waals surface area contributed by atoms with Crippen LogP contribution in [-0.4, -0.2) is 68.6 Å². The molecule has 152 valence electrons. The molecule has 1 aliphatic heterocycles. The van der Waals surface area contributed by atoms with Crippen molar-refractivity contribution < 1.29 is 34.5 Å². The summed E-state index contributed by atoms with van der Waals surface area (Å²) < 4.78 is 0. The minimum atomic E-state index is -1.41. The number of hydrogen-bond donors (Lipinski definition) is 5. The Hall–Kier alpha value is -3.14. The van der Waals surface area contributed by atoms with Gasteiger partial charge in [-0.05, 0) is 37.0 Å². The van der Waals surface area contributed by atoms with Gasteiger partial charge < -0.3 is 31.3 Å². The van der Waals surface area contributed by atoms with Gasteiger partial charge in [0.25, 0.3) is 0 Å². The number of amides is 2. The largest absolute Gasteiger partial charge is 0.508 e. The third-order valence-corrected chi connectivity index (χ3v) is 4.54. The Morgan fingerprint density at radius 2 is 1.82 bits per heavy atom. The molecule has 1 aromatic carbocycles. The SMILES string of the molecule is N[C@H](Cc1ccc(O)cc1)C(=O)N[C@@H](CC(=O)O)C(=O)N1CCC[C@H]1C(=O)O. The number of likely N-dealkylation sites (tertiary alicyclic amines) is 1. The first-order chi connectivity index (χ1) is 13.2. The highest BCUT2D eigenvalue weighted by Gasteiger charge is 2.38. The fraction of sp³-hybridized carbons (Fsp3) is 0.444. The molecule has 0 spiro atoms. The second-order valence-corrected chi connectivity index (χ2v) is 6.66. The minimum absolute atomic E-state index is 0.0625. The van der Waals surface area contributed by atoms with E-state index in [1.54, 1.807) is 12.1 Å². The third kappa shape index (κ3) is 5.43. The number of aliphatic carboxylic acids is 2. The second-order valence-electron chi connectivity index (χ2n) is 6.66. The van der Waals surface area contributed by atoms with E-state index in [0.717, 1.165) is 4.90 Å². The highest BCUT2D eigenvalue weighted by Crippen LogP contribution is 2.19. The van der Waals surface area contributed by atoms with Gasteiger partial charge in [-0.25, -0.2) is 4.79 Å². The van der Waals surface area contributed by atoms with Crippen LogP contribution in [0, 0.1) is 0 Å². The molecule has 3 atom stereocenters. The summed E-state index contributed by atoms with van der Waals surface area (Å²) in [4.78, 5) is 48.5. The average molecular weight is 393 g/mol. The molecule has 0 aromatic heterocycles. The molecule has 10 heteroatoms. The first-order valence-corrected chi connectivity index (χ1v) is 8.78. The quantitative estimate of drug-likeness (QED) is 0.386. The number of phenols is 1. The Morgan fingerprint density at radius 3 is 2.39 bits per heavy atom. The molecule has 1 aliphatic rings. The highest BCUT2D eigenvalue weighted by atomic mass is 16.4. The number of carbonyl (C=O) groups is 4. The summed E-state index contributed by atoms with van der Waals surface area (Å²) in [6.45, 7) is 0.182. The van der Waals surface area contributed by atoms with Gasteiger partial charge in [-0.2, -0.15) is 0 Å². The maximum absolute atomic E-state index is 12.7. The molecular formula is C18H23N3O7. The molecule has 1 saturated heterocycles. The van der Waals surface area contributed by atoms with Crippen molar-refractivity contribution >= 4 is 23.8 Å². The molecule has 2 amide bonds. The molecule has 1 aromatic rings. The van der Waals surface area contributed by atoms with Crippen molar-refractivity contribution in [3.63, 3.8) is 0 Å². The number of nitrogens with one attached hydrogen (secondary N) is 1. The van der Waals surface area contributed by atoms with E-state index < -0.39 is 48.3 Å². The molecule has 0 unspecified atom stereocenters. The summed E-state index contributed by atoms with van der Waals surface area (Å²) in [7, 11) is 0. The van der Waals surface area contributed by atoms with Crippen LogP contribution in [0.5, 0.6) is 5.75 Å². The molecule has 1 fully saturated rings. The Labute approximate surface area is 160 Å². The van der Waals surface area contributed by atoms with Crippen LogP contribution in [-0.2, 0) is 25.6 Å². The molecular weight excluding hydrogens is 370 g/mol. The summed E-state index contributed by atoms with van der Waals surface area (Å²) in [5, 5.41) is 29.9. The second kappa shape index (κ2) is 9.18. The van der Waals surface area contributed by atoms with Crippen LogP contribution >= 0.6 is 0 Å². The standard InChI is InChI=1S/C18H23N3O7/c19-12(8-10-3-5-11(22)6-4-10)16(25)20-13(9-15(23)24)17(26)21-7-1-2-14(21)18(27)28/h3-6,12-14,22H,1-2,7-9,19H2,(H,20,25)(H,23,24)(H,27,28)/t12-,13+,14+/m1/s1. The fourth-order valence-electron chi connectivity index (χ4n) is 3.12. The number of nitrogens with zero attached hydrogens (tertiary/aromatic N) is 1. The monoisotopic (exact) mass is 393 g/mol. The summed E-state index contributed by atoms with van der Waals surface area (Å²) in [5.41, 5.74) is 6.53. The Bertz CT molecular complexity index is 750. The van der Waals surface area contributed by atoms with E-state index in [0.29, 0.717) is 12.0 Å². The predicted molar refractivity (Wildman–Crippen MR) is 96.3 cm³/mol. The van der Waals surface area contributed by atoms with Crippen LogP contribution in [0.1, 0.15) is 24.8 Å². The molecule has 2 rings (SSSR count). The van der Waals surface area contributed by atoms with Gasteiger partial charge in [0.05, 0.1) is 12.5 Å². The van der Waals surface area contributed by atoms with Crippen molar-refractivity contribution in [2.75, 3.05) is 6.54 Å². The van der Waals surface area contributed by atoms with Gasteiger partial charge in [0.1, 0.15) is 17.8 Å². The summed E-state index contributed by atoms with van der Waals surface area (Å²) in [5.74, 6) is -3.89. The fourth-order valence-corrected chi connectivity index (χ4v) is 3.12. The van der Waals surface area contributed by atoms with E-state index >= 15 is 0 Å². The Kier molecular flexibility index (Phi) is 6.94. The van der Waals surface area contributed by atoms with Crippen molar-refractivity contribution in [3.05, 3.63) is 29.8 Å². The number of hydrogen-bond acceptors (Lipinski definition) is 6. The lowest BCUT2D eigenvalue weighted by molar-refractivity contribution is -0.150. The molecule has 0 saturated carbocycles. The summed E-state index contributed by atoms with van der Waals surface area (Å²) >= 11 is 0. The zero-order chi connectivity index (χ0) is 20.8. The van der Waals surface area contributed by atoms with E-state index in [1.807, 2.05) is 0 Å². The Balaban J connectivity index is 2.06.